The second-order valence-corrected chi connectivity index (χ2v) is 3.28. The normalized spacial score (nSPS) is 12.2. The summed E-state index contributed by atoms with van der Waals surface area (Å²) in [6.07, 6.45) is 1.15. The van der Waals surface area contributed by atoms with Gasteiger partial charge in [-0.3, -0.25) is 0 Å². The van der Waals surface area contributed by atoms with Crippen LogP contribution < -0.4 is 10.1 Å². The van der Waals surface area contributed by atoms with Gasteiger partial charge in [-0.2, -0.15) is 0 Å². The predicted octanol–water partition coefficient (Wildman–Crippen LogP) is 0.899. The molecule has 1 unspecified atom stereocenters. The molecule has 0 saturated carbocycles. The van der Waals surface area contributed by atoms with Crippen molar-refractivity contribution in [2.45, 2.75) is 13.0 Å². The summed E-state index contributed by atoms with van der Waals surface area (Å²) in [6, 6.07) is 3.61. The number of rotatable bonds is 7. The van der Waals surface area contributed by atoms with Crippen molar-refractivity contribution in [2.24, 2.45) is 0 Å². The highest BCUT2D eigenvalue weighted by molar-refractivity contribution is 5.42. The van der Waals surface area contributed by atoms with Gasteiger partial charge < -0.3 is 19.9 Å². The molecule has 5 heteroatoms. The minimum Gasteiger partial charge on any atom is -0.481 e. The number of hydrogen-bond donors (Lipinski definition) is 2. The number of anilines is 1. The SMILES string of the molecule is CCOCC(O)CNc1ccc(OC)nc1. The van der Waals surface area contributed by atoms with Crippen LogP contribution in [0.25, 0.3) is 0 Å². The zero-order valence-electron chi connectivity index (χ0n) is 9.64. The lowest BCUT2D eigenvalue weighted by Gasteiger charge is -2.12. The Labute approximate surface area is 95.4 Å². The molecule has 0 spiro atoms. The largest absolute Gasteiger partial charge is 0.481 e. The summed E-state index contributed by atoms with van der Waals surface area (Å²) in [5, 5.41) is 12.6. The Kier molecular flexibility index (Phi) is 5.60. The molecule has 90 valence electrons. The van der Waals surface area contributed by atoms with Crippen LogP contribution >= 0.6 is 0 Å². The van der Waals surface area contributed by atoms with Crippen molar-refractivity contribution in [1.29, 1.82) is 0 Å². The van der Waals surface area contributed by atoms with Crippen LogP contribution in [0, 0.1) is 0 Å². The molecule has 2 N–H and O–H groups in total. The lowest BCUT2D eigenvalue weighted by Crippen LogP contribution is -2.24. The van der Waals surface area contributed by atoms with E-state index in [1.165, 1.54) is 0 Å². The molecular formula is C11H18N2O3. The zero-order valence-corrected chi connectivity index (χ0v) is 9.64. The van der Waals surface area contributed by atoms with Crippen molar-refractivity contribution < 1.29 is 14.6 Å². The third-order valence-electron chi connectivity index (χ3n) is 2.00. The highest BCUT2D eigenvalue weighted by Gasteiger charge is 2.03. The molecule has 0 aromatic carbocycles. The Hall–Kier alpha value is -1.33. The molecule has 1 aromatic heterocycles. The van der Waals surface area contributed by atoms with Crippen LogP contribution in [-0.4, -0.2) is 43.1 Å². The molecular weight excluding hydrogens is 208 g/mol. The number of ether oxygens (including phenoxy) is 2. The number of nitrogens with one attached hydrogen (secondary N) is 1. The Morgan fingerprint density at radius 3 is 2.88 bits per heavy atom. The average molecular weight is 226 g/mol. The molecule has 1 heterocycles. The molecule has 16 heavy (non-hydrogen) atoms. The van der Waals surface area contributed by atoms with Gasteiger partial charge in [-0.1, -0.05) is 0 Å². The van der Waals surface area contributed by atoms with Crippen LogP contribution in [0.4, 0.5) is 5.69 Å². The molecule has 0 bridgehead atoms. The standard InChI is InChI=1S/C11H18N2O3/c1-3-16-8-10(14)7-12-9-4-5-11(15-2)13-6-9/h4-6,10,12,14H,3,7-8H2,1-2H3. The molecule has 1 aromatic rings. The summed E-state index contributed by atoms with van der Waals surface area (Å²) in [5.74, 6) is 0.570. The van der Waals surface area contributed by atoms with E-state index >= 15 is 0 Å². The fourth-order valence-corrected chi connectivity index (χ4v) is 1.15. The number of nitrogens with zero attached hydrogens (tertiary/aromatic N) is 1. The first-order valence-corrected chi connectivity index (χ1v) is 5.26. The quantitative estimate of drug-likeness (QED) is 0.723. The van der Waals surface area contributed by atoms with E-state index in [1.54, 1.807) is 19.4 Å². The molecule has 1 rings (SSSR count). The van der Waals surface area contributed by atoms with Crippen molar-refractivity contribution >= 4 is 5.69 Å². The molecule has 0 fully saturated rings. The molecule has 1 atom stereocenters. The number of aliphatic hydroxyl groups is 1. The molecule has 0 aliphatic heterocycles. The Morgan fingerprint density at radius 2 is 2.31 bits per heavy atom. The van der Waals surface area contributed by atoms with Gasteiger partial charge in [-0.05, 0) is 13.0 Å². The average Bonchev–Trinajstić information content (AvgIpc) is 2.34. The van der Waals surface area contributed by atoms with Gasteiger partial charge in [0.2, 0.25) is 5.88 Å². The van der Waals surface area contributed by atoms with Crippen LogP contribution in [0.1, 0.15) is 6.92 Å². The van der Waals surface area contributed by atoms with Gasteiger partial charge in [-0.15, -0.1) is 0 Å². The second-order valence-electron chi connectivity index (χ2n) is 3.28. The van der Waals surface area contributed by atoms with Crippen LogP contribution in [0.5, 0.6) is 5.88 Å². The van der Waals surface area contributed by atoms with Gasteiger partial charge in [0.05, 0.1) is 31.7 Å². The van der Waals surface area contributed by atoms with E-state index in [4.69, 9.17) is 9.47 Å². The lowest BCUT2D eigenvalue weighted by atomic mass is 10.3. The molecule has 0 aliphatic rings. The Bertz CT molecular complexity index is 290. The van der Waals surface area contributed by atoms with Crippen LogP contribution in [-0.2, 0) is 4.74 Å². The molecule has 0 radical (unpaired) electrons. The van der Waals surface area contributed by atoms with Crippen molar-refractivity contribution in [2.75, 3.05) is 32.2 Å². The first-order valence-electron chi connectivity index (χ1n) is 5.26. The maximum Gasteiger partial charge on any atom is 0.213 e. The number of methoxy groups -OCH3 is 1. The Balaban J connectivity index is 2.30. The maximum absolute atomic E-state index is 9.51. The summed E-state index contributed by atoms with van der Waals surface area (Å²) in [4.78, 5) is 4.04. The first kappa shape index (κ1) is 12.7. The minimum atomic E-state index is -0.512. The lowest BCUT2D eigenvalue weighted by molar-refractivity contribution is 0.0496. The van der Waals surface area contributed by atoms with E-state index in [0.717, 1.165) is 5.69 Å². The van der Waals surface area contributed by atoms with Crippen molar-refractivity contribution in [3.05, 3.63) is 18.3 Å². The summed E-state index contributed by atoms with van der Waals surface area (Å²) < 4.78 is 10.0. The van der Waals surface area contributed by atoms with E-state index in [1.807, 2.05) is 13.0 Å². The van der Waals surface area contributed by atoms with Gasteiger partial charge in [0.15, 0.2) is 0 Å². The molecule has 5 nitrogen and oxygen atoms in total. The zero-order chi connectivity index (χ0) is 11.8. The maximum atomic E-state index is 9.51. The van der Waals surface area contributed by atoms with E-state index in [0.29, 0.717) is 25.6 Å². The molecule has 0 amide bonds. The molecule has 0 saturated heterocycles. The summed E-state index contributed by atoms with van der Waals surface area (Å²) in [6.45, 7) is 3.29. The third kappa shape index (κ3) is 4.46. The number of aromatic nitrogens is 1. The van der Waals surface area contributed by atoms with E-state index in [2.05, 4.69) is 10.3 Å². The van der Waals surface area contributed by atoms with Crippen LogP contribution in [0.3, 0.4) is 0 Å². The van der Waals surface area contributed by atoms with Gasteiger partial charge in [0.25, 0.3) is 0 Å². The van der Waals surface area contributed by atoms with E-state index in [-0.39, 0.29) is 0 Å². The topological polar surface area (TPSA) is 63.6 Å². The van der Waals surface area contributed by atoms with Crippen LogP contribution in [0.15, 0.2) is 18.3 Å². The van der Waals surface area contributed by atoms with Gasteiger partial charge >= 0.3 is 0 Å². The van der Waals surface area contributed by atoms with E-state index < -0.39 is 6.10 Å². The number of hydrogen-bond acceptors (Lipinski definition) is 5. The monoisotopic (exact) mass is 226 g/mol. The van der Waals surface area contributed by atoms with Crippen molar-refractivity contribution in [3.8, 4) is 5.88 Å². The van der Waals surface area contributed by atoms with E-state index in [9.17, 15) is 5.11 Å². The molecule has 0 aliphatic carbocycles. The second kappa shape index (κ2) is 7.03. The van der Waals surface area contributed by atoms with Gasteiger partial charge in [0, 0.05) is 19.2 Å². The predicted molar refractivity (Wildman–Crippen MR) is 61.8 cm³/mol. The summed E-state index contributed by atoms with van der Waals surface area (Å²) in [7, 11) is 1.57. The fourth-order valence-electron chi connectivity index (χ4n) is 1.15. The van der Waals surface area contributed by atoms with Crippen LogP contribution in [0.2, 0.25) is 0 Å². The Morgan fingerprint density at radius 1 is 1.50 bits per heavy atom. The number of aliphatic hydroxyl groups excluding tert-OH is 1. The highest BCUT2D eigenvalue weighted by atomic mass is 16.5. The van der Waals surface area contributed by atoms with Gasteiger partial charge in [0.1, 0.15) is 0 Å². The van der Waals surface area contributed by atoms with Crippen molar-refractivity contribution in [3.63, 3.8) is 0 Å². The minimum absolute atomic E-state index is 0.340. The van der Waals surface area contributed by atoms with Crippen molar-refractivity contribution in [1.82, 2.24) is 4.98 Å². The first-order chi connectivity index (χ1) is 7.76. The summed E-state index contributed by atoms with van der Waals surface area (Å²) >= 11 is 0. The summed E-state index contributed by atoms with van der Waals surface area (Å²) in [5.41, 5.74) is 0.844. The fraction of sp³-hybridized carbons (Fsp3) is 0.545. The smallest absolute Gasteiger partial charge is 0.213 e. The highest BCUT2D eigenvalue weighted by Crippen LogP contribution is 2.10. The third-order valence-corrected chi connectivity index (χ3v) is 2.00. The van der Waals surface area contributed by atoms with Gasteiger partial charge in [-0.25, -0.2) is 4.98 Å². The number of pyridine rings is 1.